The van der Waals surface area contributed by atoms with Crippen molar-refractivity contribution in [3.63, 3.8) is 0 Å². The lowest BCUT2D eigenvalue weighted by atomic mass is 9.97. The van der Waals surface area contributed by atoms with Crippen molar-refractivity contribution in [1.82, 2.24) is 0 Å². The molecule has 0 saturated carbocycles. The van der Waals surface area contributed by atoms with E-state index >= 15 is 0 Å². The number of nitrogens with zero attached hydrogens (tertiary/aromatic N) is 1. The predicted molar refractivity (Wildman–Crippen MR) is 131 cm³/mol. The van der Waals surface area contributed by atoms with E-state index in [9.17, 15) is 9.59 Å². The molecule has 162 valence electrons. The van der Waals surface area contributed by atoms with Crippen LogP contribution in [0.3, 0.4) is 0 Å². The van der Waals surface area contributed by atoms with Crippen LogP contribution in [-0.4, -0.2) is 11.8 Å². The van der Waals surface area contributed by atoms with Crippen LogP contribution in [0.2, 0.25) is 5.02 Å². The first kappa shape index (κ1) is 21.8. The van der Waals surface area contributed by atoms with Gasteiger partial charge in [0.1, 0.15) is 5.70 Å². The molecule has 0 unspecified atom stereocenters. The average molecular weight is 445 g/mol. The maximum Gasteiger partial charge on any atom is 0.282 e. The topological polar surface area (TPSA) is 49.4 Å². The fourth-order valence-corrected chi connectivity index (χ4v) is 4.22. The Labute approximate surface area is 193 Å². The number of anilines is 2. The number of aryl methyl sites for hydroxylation is 4. The molecule has 0 saturated heterocycles. The van der Waals surface area contributed by atoms with Gasteiger partial charge in [0.05, 0.1) is 11.3 Å². The van der Waals surface area contributed by atoms with Gasteiger partial charge in [-0.2, -0.15) is 0 Å². The first-order chi connectivity index (χ1) is 15.2. The van der Waals surface area contributed by atoms with E-state index in [1.807, 2.05) is 77.1 Å². The normalized spacial score (nSPS) is 13.9. The Hall–Kier alpha value is -3.37. The first-order valence-electron chi connectivity index (χ1n) is 10.5. The molecule has 1 aliphatic heterocycles. The van der Waals surface area contributed by atoms with Gasteiger partial charge in [-0.3, -0.25) is 9.59 Å². The van der Waals surface area contributed by atoms with Crippen LogP contribution < -0.4 is 10.2 Å². The first-order valence-corrected chi connectivity index (χ1v) is 10.9. The molecule has 32 heavy (non-hydrogen) atoms. The molecule has 4 nitrogen and oxygen atoms in total. The van der Waals surface area contributed by atoms with Crippen molar-refractivity contribution >= 4 is 40.4 Å². The smallest absolute Gasteiger partial charge is 0.282 e. The molecule has 0 fully saturated rings. The van der Waals surface area contributed by atoms with Gasteiger partial charge in [0.15, 0.2) is 0 Å². The molecule has 0 atom stereocenters. The number of halogens is 1. The van der Waals surface area contributed by atoms with Gasteiger partial charge < -0.3 is 5.32 Å². The van der Waals surface area contributed by atoms with Gasteiger partial charge in [0, 0.05) is 10.7 Å². The molecular formula is C27H25ClN2O2. The number of carbonyl (C=O) groups excluding carboxylic acids is 2. The second-order valence-electron chi connectivity index (χ2n) is 8.32. The van der Waals surface area contributed by atoms with Crippen LogP contribution in [-0.2, 0) is 9.59 Å². The van der Waals surface area contributed by atoms with Gasteiger partial charge >= 0.3 is 0 Å². The zero-order valence-corrected chi connectivity index (χ0v) is 19.6. The van der Waals surface area contributed by atoms with Crippen LogP contribution in [0.5, 0.6) is 0 Å². The molecule has 1 N–H and O–H groups in total. The Kier molecular flexibility index (Phi) is 5.66. The summed E-state index contributed by atoms with van der Waals surface area (Å²) in [6, 6.07) is 17.0. The second-order valence-corrected chi connectivity index (χ2v) is 8.75. The summed E-state index contributed by atoms with van der Waals surface area (Å²) in [5.41, 5.74) is 7.62. The van der Waals surface area contributed by atoms with E-state index in [-0.39, 0.29) is 11.6 Å². The van der Waals surface area contributed by atoms with Gasteiger partial charge in [-0.25, -0.2) is 4.90 Å². The summed E-state index contributed by atoms with van der Waals surface area (Å²) in [5.74, 6) is -0.753. The molecule has 0 spiro atoms. The van der Waals surface area contributed by atoms with Gasteiger partial charge in [-0.1, -0.05) is 53.6 Å². The van der Waals surface area contributed by atoms with Crippen molar-refractivity contribution in [2.75, 3.05) is 10.2 Å². The predicted octanol–water partition coefficient (Wildman–Crippen LogP) is 6.28. The highest BCUT2D eigenvalue weighted by Gasteiger charge is 2.41. The minimum atomic E-state index is -0.392. The van der Waals surface area contributed by atoms with E-state index < -0.39 is 5.91 Å². The Bertz CT molecular complexity index is 1310. The third kappa shape index (κ3) is 3.71. The van der Waals surface area contributed by atoms with Crippen LogP contribution in [0.25, 0.3) is 5.57 Å². The van der Waals surface area contributed by atoms with Crippen molar-refractivity contribution in [2.24, 2.45) is 0 Å². The SMILES string of the molecule is Cc1ccc(C2=C(Nc3cccc(C)c3C)C(=O)N(c3cc(Cl)ccc3C)C2=O)c(C)c1. The largest absolute Gasteiger partial charge is 0.350 e. The summed E-state index contributed by atoms with van der Waals surface area (Å²) in [4.78, 5) is 28.6. The molecule has 0 aliphatic carbocycles. The minimum absolute atomic E-state index is 0.273. The summed E-state index contributed by atoms with van der Waals surface area (Å²) in [5, 5.41) is 3.76. The maximum atomic E-state index is 13.7. The molecule has 5 heteroatoms. The lowest BCUT2D eigenvalue weighted by Gasteiger charge is -2.18. The highest BCUT2D eigenvalue weighted by molar-refractivity contribution is 6.46. The molecule has 3 aromatic rings. The molecule has 0 aromatic heterocycles. The van der Waals surface area contributed by atoms with E-state index in [0.29, 0.717) is 16.3 Å². The summed E-state index contributed by atoms with van der Waals surface area (Å²) >= 11 is 6.21. The summed E-state index contributed by atoms with van der Waals surface area (Å²) in [6.07, 6.45) is 0. The van der Waals surface area contributed by atoms with E-state index in [1.54, 1.807) is 12.1 Å². The van der Waals surface area contributed by atoms with Gasteiger partial charge in [0.2, 0.25) is 0 Å². The Morgan fingerprint density at radius 3 is 2.25 bits per heavy atom. The molecule has 0 bridgehead atoms. The second kappa shape index (κ2) is 8.29. The van der Waals surface area contributed by atoms with Crippen LogP contribution in [0.4, 0.5) is 11.4 Å². The van der Waals surface area contributed by atoms with E-state index in [0.717, 1.165) is 39.1 Å². The zero-order chi connectivity index (χ0) is 23.2. The molecule has 2 amide bonds. The number of nitrogens with one attached hydrogen (secondary N) is 1. The lowest BCUT2D eigenvalue weighted by molar-refractivity contribution is -0.120. The fourth-order valence-electron chi connectivity index (χ4n) is 4.05. The molecular weight excluding hydrogens is 420 g/mol. The van der Waals surface area contributed by atoms with Crippen molar-refractivity contribution in [3.05, 3.63) is 98.7 Å². The highest BCUT2D eigenvalue weighted by Crippen LogP contribution is 2.37. The monoisotopic (exact) mass is 444 g/mol. The molecule has 1 heterocycles. The summed E-state index contributed by atoms with van der Waals surface area (Å²) in [6.45, 7) is 9.83. The highest BCUT2D eigenvalue weighted by atomic mass is 35.5. The molecule has 1 aliphatic rings. The maximum absolute atomic E-state index is 13.7. The Morgan fingerprint density at radius 2 is 1.53 bits per heavy atom. The van der Waals surface area contributed by atoms with Crippen molar-refractivity contribution in [2.45, 2.75) is 34.6 Å². The molecule has 3 aromatic carbocycles. The summed E-state index contributed by atoms with van der Waals surface area (Å²) in [7, 11) is 0. The molecule has 0 radical (unpaired) electrons. The Morgan fingerprint density at radius 1 is 0.781 bits per heavy atom. The summed E-state index contributed by atoms with van der Waals surface area (Å²) < 4.78 is 0. The van der Waals surface area contributed by atoms with Gasteiger partial charge in [-0.15, -0.1) is 0 Å². The number of rotatable bonds is 4. The number of amides is 2. The number of benzene rings is 3. The van der Waals surface area contributed by atoms with Gasteiger partial charge in [-0.05, 0) is 80.6 Å². The number of hydrogen-bond acceptors (Lipinski definition) is 3. The van der Waals surface area contributed by atoms with E-state index in [4.69, 9.17) is 11.6 Å². The van der Waals surface area contributed by atoms with Crippen molar-refractivity contribution in [1.29, 1.82) is 0 Å². The van der Waals surface area contributed by atoms with Crippen LogP contribution in [0.15, 0.2) is 60.3 Å². The van der Waals surface area contributed by atoms with E-state index in [1.165, 1.54) is 4.90 Å². The molecule has 4 rings (SSSR count). The lowest BCUT2D eigenvalue weighted by Crippen LogP contribution is -2.33. The standard InChI is InChI=1S/C27H25ClN2O2/c1-15-9-12-21(18(4)13-15)24-25(29-22-8-6-7-16(2)19(22)5)27(32)30(26(24)31)23-14-20(28)11-10-17(23)3/h6-14,29H,1-5H3. The zero-order valence-electron chi connectivity index (χ0n) is 18.8. The average Bonchev–Trinajstić information content (AvgIpc) is 2.97. The van der Waals surface area contributed by atoms with Crippen molar-refractivity contribution < 1.29 is 9.59 Å². The van der Waals surface area contributed by atoms with Crippen LogP contribution in [0, 0.1) is 34.6 Å². The van der Waals surface area contributed by atoms with Crippen molar-refractivity contribution in [3.8, 4) is 0 Å². The number of imide groups is 1. The third-order valence-electron chi connectivity index (χ3n) is 6.01. The third-order valence-corrected chi connectivity index (χ3v) is 6.25. The quantitative estimate of drug-likeness (QED) is 0.482. The van der Waals surface area contributed by atoms with Gasteiger partial charge in [0.25, 0.3) is 11.8 Å². The Balaban J connectivity index is 1.92. The van der Waals surface area contributed by atoms with E-state index in [2.05, 4.69) is 5.32 Å². The number of hydrogen-bond donors (Lipinski definition) is 1. The number of carbonyl (C=O) groups is 2. The van der Waals surface area contributed by atoms with Crippen LogP contribution in [0.1, 0.15) is 33.4 Å². The fraction of sp³-hybridized carbons (Fsp3) is 0.185. The minimum Gasteiger partial charge on any atom is -0.350 e. The van der Waals surface area contributed by atoms with Crippen LogP contribution >= 0.6 is 11.6 Å².